The molecular formula is C15H28N4S. The largest absolute Gasteiger partial charge is 0.370 e. The normalized spacial score (nSPS) is 12.2. The third-order valence-corrected chi connectivity index (χ3v) is 4.15. The van der Waals surface area contributed by atoms with Crippen LogP contribution in [0.4, 0.5) is 11.6 Å². The van der Waals surface area contributed by atoms with Gasteiger partial charge in [-0.05, 0) is 26.0 Å². The van der Waals surface area contributed by atoms with Crippen LogP contribution < -0.4 is 10.6 Å². The van der Waals surface area contributed by atoms with Crippen molar-refractivity contribution in [3.63, 3.8) is 0 Å². The van der Waals surface area contributed by atoms with E-state index in [0.29, 0.717) is 6.04 Å². The summed E-state index contributed by atoms with van der Waals surface area (Å²) in [6.45, 7) is 11.7. The SMILES string of the molecule is CCCNc1nc(CC)nc(NC(C)CSCC)c1C. The second kappa shape index (κ2) is 9.06. The highest BCUT2D eigenvalue weighted by Crippen LogP contribution is 2.21. The maximum atomic E-state index is 4.64. The molecule has 1 aromatic rings. The minimum Gasteiger partial charge on any atom is -0.370 e. The van der Waals surface area contributed by atoms with E-state index in [-0.39, 0.29) is 0 Å². The molecule has 1 rings (SSSR count). The lowest BCUT2D eigenvalue weighted by atomic mass is 10.2. The first kappa shape index (κ1) is 17.1. The fourth-order valence-electron chi connectivity index (χ4n) is 1.85. The summed E-state index contributed by atoms with van der Waals surface area (Å²) < 4.78 is 0. The van der Waals surface area contributed by atoms with E-state index in [9.17, 15) is 0 Å². The van der Waals surface area contributed by atoms with Crippen LogP contribution in [0.2, 0.25) is 0 Å². The second-order valence-electron chi connectivity index (χ2n) is 4.95. The predicted octanol–water partition coefficient (Wildman–Crippen LogP) is 3.72. The molecule has 20 heavy (non-hydrogen) atoms. The summed E-state index contributed by atoms with van der Waals surface area (Å²) in [5.74, 6) is 5.08. The molecule has 0 fully saturated rings. The fourth-order valence-corrected chi connectivity index (χ4v) is 2.52. The zero-order valence-corrected chi connectivity index (χ0v) is 14.2. The van der Waals surface area contributed by atoms with E-state index in [1.807, 2.05) is 11.8 Å². The molecule has 1 aromatic heterocycles. The van der Waals surface area contributed by atoms with Gasteiger partial charge in [-0.25, -0.2) is 9.97 Å². The number of rotatable bonds is 9. The highest BCUT2D eigenvalue weighted by Gasteiger charge is 2.12. The summed E-state index contributed by atoms with van der Waals surface area (Å²) in [5.41, 5.74) is 1.11. The number of nitrogens with one attached hydrogen (secondary N) is 2. The van der Waals surface area contributed by atoms with Crippen molar-refractivity contribution in [3.05, 3.63) is 11.4 Å². The van der Waals surface area contributed by atoms with Gasteiger partial charge >= 0.3 is 0 Å². The van der Waals surface area contributed by atoms with Crippen molar-refractivity contribution in [1.82, 2.24) is 9.97 Å². The van der Waals surface area contributed by atoms with Crippen molar-refractivity contribution in [2.45, 2.75) is 53.5 Å². The monoisotopic (exact) mass is 296 g/mol. The van der Waals surface area contributed by atoms with Crippen LogP contribution in [0.25, 0.3) is 0 Å². The van der Waals surface area contributed by atoms with Gasteiger partial charge in [0.2, 0.25) is 0 Å². The van der Waals surface area contributed by atoms with E-state index in [4.69, 9.17) is 0 Å². The van der Waals surface area contributed by atoms with Crippen molar-refractivity contribution in [1.29, 1.82) is 0 Å². The molecule has 0 aliphatic carbocycles. The summed E-state index contributed by atoms with van der Waals surface area (Å²) in [6.07, 6.45) is 1.95. The molecular weight excluding hydrogens is 268 g/mol. The highest BCUT2D eigenvalue weighted by atomic mass is 32.2. The number of nitrogens with zero attached hydrogens (tertiary/aromatic N) is 2. The first-order valence-corrected chi connectivity index (χ1v) is 8.73. The molecule has 0 aromatic carbocycles. The minimum atomic E-state index is 0.414. The smallest absolute Gasteiger partial charge is 0.135 e. The van der Waals surface area contributed by atoms with E-state index in [0.717, 1.165) is 53.9 Å². The second-order valence-corrected chi connectivity index (χ2v) is 6.27. The van der Waals surface area contributed by atoms with Crippen LogP contribution in [0, 0.1) is 6.92 Å². The summed E-state index contributed by atoms with van der Waals surface area (Å²) in [6, 6.07) is 0.414. The molecule has 2 N–H and O–H groups in total. The molecule has 0 saturated carbocycles. The number of hydrogen-bond donors (Lipinski definition) is 2. The molecule has 114 valence electrons. The van der Waals surface area contributed by atoms with Gasteiger partial charge in [0.1, 0.15) is 17.5 Å². The van der Waals surface area contributed by atoms with Crippen molar-refractivity contribution >= 4 is 23.4 Å². The van der Waals surface area contributed by atoms with Crippen LogP contribution in [-0.4, -0.2) is 34.1 Å². The summed E-state index contributed by atoms with van der Waals surface area (Å²) in [5, 5.41) is 6.92. The van der Waals surface area contributed by atoms with Gasteiger partial charge in [-0.3, -0.25) is 0 Å². The molecule has 0 radical (unpaired) electrons. The molecule has 1 unspecified atom stereocenters. The van der Waals surface area contributed by atoms with Gasteiger partial charge in [0, 0.05) is 30.3 Å². The molecule has 1 atom stereocenters. The van der Waals surface area contributed by atoms with Gasteiger partial charge in [0.25, 0.3) is 0 Å². The topological polar surface area (TPSA) is 49.8 Å². The molecule has 0 amide bonds. The lowest BCUT2D eigenvalue weighted by molar-refractivity contribution is 0.865. The lowest BCUT2D eigenvalue weighted by Crippen LogP contribution is -2.21. The third-order valence-electron chi connectivity index (χ3n) is 3.01. The Balaban J connectivity index is 2.87. The Bertz CT molecular complexity index is 409. The fraction of sp³-hybridized carbons (Fsp3) is 0.733. The molecule has 0 aliphatic rings. The van der Waals surface area contributed by atoms with Crippen molar-refractivity contribution in [3.8, 4) is 0 Å². The van der Waals surface area contributed by atoms with Gasteiger partial charge in [-0.2, -0.15) is 11.8 Å². The molecule has 0 spiro atoms. The van der Waals surface area contributed by atoms with E-state index in [2.05, 4.69) is 55.2 Å². The van der Waals surface area contributed by atoms with Crippen molar-refractivity contribution < 1.29 is 0 Å². The average molecular weight is 296 g/mol. The Hall–Kier alpha value is -0.970. The van der Waals surface area contributed by atoms with Crippen LogP contribution in [-0.2, 0) is 6.42 Å². The zero-order chi connectivity index (χ0) is 15.0. The summed E-state index contributed by atoms with van der Waals surface area (Å²) >= 11 is 1.95. The number of aromatic nitrogens is 2. The van der Waals surface area contributed by atoms with Gasteiger partial charge in [0.15, 0.2) is 0 Å². The van der Waals surface area contributed by atoms with E-state index < -0.39 is 0 Å². The number of aryl methyl sites for hydroxylation is 1. The van der Waals surface area contributed by atoms with Crippen LogP contribution in [0.1, 0.15) is 45.5 Å². The highest BCUT2D eigenvalue weighted by molar-refractivity contribution is 7.99. The zero-order valence-electron chi connectivity index (χ0n) is 13.4. The number of hydrogen-bond acceptors (Lipinski definition) is 5. The first-order chi connectivity index (χ1) is 9.62. The number of thioether (sulfide) groups is 1. The van der Waals surface area contributed by atoms with Gasteiger partial charge in [-0.1, -0.05) is 20.8 Å². The number of anilines is 2. The lowest BCUT2D eigenvalue weighted by Gasteiger charge is -2.18. The molecule has 5 heteroatoms. The predicted molar refractivity (Wildman–Crippen MR) is 91.0 cm³/mol. The Morgan fingerprint density at radius 2 is 1.85 bits per heavy atom. The van der Waals surface area contributed by atoms with Crippen LogP contribution in [0.15, 0.2) is 0 Å². The Morgan fingerprint density at radius 1 is 1.15 bits per heavy atom. The van der Waals surface area contributed by atoms with Crippen LogP contribution >= 0.6 is 11.8 Å². The van der Waals surface area contributed by atoms with Crippen LogP contribution in [0.5, 0.6) is 0 Å². The molecule has 0 aliphatic heterocycles. The molecule has 4 nitrogen and oxygen atoms in total. The van der Waals surface area contributed by atoms with Gasteiger partial charge in [-0.15, -0.1) is 0 Å². The molecule has 0 bridgehead atoms. The Labute approximate surface area is 127 Å². The summed E-state index contributed by atoms with van der Waals surface area (Å²) in [4.78, 5) is 9.23. The van der Waals surface area contributed by atoms with Crippen LogP contribution in [0.3, 0.4) is 0 Å². The average Bonchev–Trinajstić information content (AvgIpc) is 2.45. The maximum absolute atomic E-state index is 4.64. The maximum Gasteiger partial charge on any atom is 0.135 e. The summed E-state index contributed by atoms with van der Waals surface area (Å²) in [7, 11) is 0. The first-order valence-electron chi connectivity index (χ1n) is 7.57. The molecule has 0 saturated heterocycles. The van der Waals surface area contributed by atoms with Gasteiger partial charge in [0.05, 0.1) is 0 Å². The van der Waals surface area contributed by atoms with E-state index in [1.165, 1.54) is 0 Å². The Kier molecular flexibility index (Phi) is 7.73. The quantitative estimate of drug-likeness (QED) is 0.727. The van der Waals surface area contributed by atoms with Crippen molar-refractivity contribution in [2.75, 3.05) is 28.7 Å². The minimum absolute atomic E-state index is 0.414. The van der Waals surface area contributed by atoms with Crippen molar-refractivity contribution in [2.24, 2.45) is 0 Å². The molecule has 1 heterocycles. The van der Waals surface area contributed by atoms with E-state index in [1.54, 1.807) is 0 Å². The third kappa shape index (κ3) is 5.19. The van der Waals surface area contributed by atoms with Gasteiger partial charge < -0.3 is 10.6 Å². The van der Waals surface area contributed by atoms with E-state index >= 15 is 0 Å². The standard InChI is InChI=1S/C15H28N4S/c1-6-9-16-14-12(5)15(19-13(7-2)18-14)17-11(4)10-20-8-3/h11H,6-10H2,1-5H3,(H2,16,17,18,19). The Morgan fingerprint density at radius 3 is 2.45 bits per heavy atom.